The predicted octanol–water partition coefficient (Wildman–Crippen LogP) is 7.60. The van der Waals surface area contributed by atoms with E-state index in [1.165, 1.54) is 23.9 Å². The Labute approximate surface area is 280 Å². The third kappa shape index (κ3) is 6.09. The second-order valence-corrected chi connectivity index (χ2v) is 13.0. The van der Waals surface area contributed by atoms with Crippen molar-refractivity contribution in [1.82, 2.24) is 5.32 Å². The molecule has 0 aromatic heterocycles. The lowest BCUT2D eigenvalue weighted by atomic mass is 9.80. The Morgan fingerprint density at radius 1 is 0.958 bits per heavy atom. The van der Waals surface area contributed by atoms with Crippen molar-refractivity contribution in [2.75, 3.05) is 25.7 Å². The van der Waals surface area contributed by atoms with E-state index in [1.54, 1.807) is 0 Å². The summed E-state index contributed by atoms with van der Waals surface area (Å²) >= 11 is 1.22. The summed E-state index contributed by atoms with van der Waals surface area (Å²) in [5.41, 5.74) is 5.49. The quantitative estimate of drug-likeness (QED) is 0.0998. The number of aliphatic hydroxyl groups excluding tert-OH is 1. The first-order chi connectivity index (χ1) is 23.4. The summed E-state index contributed by atoms with van der Waals surface area (Å²) in [6.45, 7) is 0.241. The number of nitro groups is 1. The van der Waals surface area contributed by atoms with Gasteiger partial charge in [0, 0.05) is 31.1 Å². The molecule has 0 radical (unpaired) electrons. The van der Waals surface area contributed by atoms with Gasteiger partial charge in [-0.25, -0.2) is 4.79 Å². The number of aliphatic hydroxyl groups is 1. The van der Waals surface area contributed by atoms with Crippen LogP contribution in [0.1, 0.15) is 52.2 Å². The van der Waals surface area contributed by atoms with Crippen LogP contribution in [0.5, 0.6) is 11.5 Å². The van der Waals surface area contributed by atoms with Gasteiger partial charge in [-0.15, -0.1) is 11.8 Å². The van der Waals surface area contributed by atoms with Crippen molar-refractivity contribution in [3.8, 4) is 22.6 Å². The van der Waals surface area contributed by atoms with Gasteiger partial charge in [-0.1, -0.05) is 78.9 Å². The third-order valence-corrected chi connectivity index (χ3v) is 10.3. The van der Waals surface area contributed by atoms with Crippen molar-refractivity contribution in [2.24, 2.45) is 0 Å². The number of nitro benzene ring substituents is 1. The van der Waals surface area contributed by atoms with Gasteiger partial charge in [0.05, 0.1) is 27.4 Å². The van der Waals surface area contributed by atoms with E-state index in [9.17, 15) is 24.8 Å². The van der Waals surface area contributed by atoms with Gasteiger partial charge in [-0.2, -0.15) is 0 Å². The van der Waals surface area contributed by atoms with Gasteiger partial charge in [0.2, 0.25) is 6.79 Å². The number of nitrogens with zero attached hydrogens (tertiary/aromatic N) is 1. The smallest absolute Gasteiger partial charge is 0.407 e. The molecule has 48 heavy (non-hydrogen) atoms. The van der Waals surface area contributed by atoms with E-state index in [0.29, 0.717) is 5.75 Å². The second-order valence-electron chi connectivity index (χ2n) is 11.8. The molecule has 0 fully saturated rings. The average Bonchev–Trinajstić information content (AvgIpc) is 3.69. The number of amides is 1. The number of ketones is 1. The molecule has 1 heterocycles. The molecule has 0 saturated carbocycles. The zero-order valence-electron chi connectivity index (χ0n) is 25.8. The van der Waals surface area contributed by atoms with Crippen LogP contribution in [0.3, 0.4) is 0 Å². The van der Waals surface area contributed by atoms with Crippen molar-refractivity contribution < 1.29 is 33.8 Å². The summed E-state index contributed by atoms with van der Waals surface area (Å²) in [5, 5.41) is 25.4. The molecule has 11 heteroatoms. The summed E-state index contributed by atoms with van der Waals surface area (Å²) in [7, 11) is 0. The van der Waals surface area contributed by atoms with Crippen LogP contribution in [0.25, 0.3) is 11.1 Å². The van der Waals surface area contributed by atoms with Gasteiger partial charge in [0.15, 0.2) is 17.3 Å². The van der Waals surface area contributed by atoms with Crippen molar-refractivity contribution in [1.29, 1.82) is 0 Å². The fraction of sp³-hybridized carbons (Fsp3) is 0.243. The van der Waals surface area contributed by atoms with E-state index in [-0.39, 0.29) is 84.5 Å². The predicted molar refractivity (Wildman–Crippen MR) is 181 cm³/mol. The van der Waals surface area contributed by atoms with Crippen LogP contribution in [0.4, 0.5) is 10.5 Å². The van der Waals surface area contributed by atoms with E-state index in [2.05, 4.69) is 17.4 Å². The number of thioether (sulfide) groups is 1. The molecule has 4 aromatic rings. The number of allylic oxidation sites excluding steroid dienone is 1. The molecule has 244 valence electrons. The van der Waals surface area contributed by atoms with Crippen molar-refractivity contribution in [3.05, 3.63) is 135 Å². The molecule has 3 aliphatic rings. The number of ether oxygens (including phenoxy) is 3. The van der Waals surface area contributed by atoms with E-state index >= 15 is 0 Å². The average molecular weight is 665 g/mol. The Bertz CT molecular complexity index is 1880. The van der Waals surface area contributed by atoms with Gasteiger partial charge in [-0.05, 0) is 39.8 Å². The number of fused-ring (bicyclic) bond motifs is 4. The summed E-state index contributed by atoms with van der Waals surface area (Å²) in [5.74, 6) is 0.144. The molecule has 0 bridgehead atoms. The van der Waals surface area contributed by atoms with Crippen LogP contribution in [-0.4, -0.2) is 47.6 Å². The molecular formula is C37H32N2O8S. The molecule has 2 unspecified atom stereocenters. The Kier molecular flexibility index (Phi) is 8.77. The number of nitrogens with one attached hydrogen (secondary N) is 1. The third-order valence-electron chi connectivity index (χ3n) is 9.02. The van der Waals surface area contributed by atoms with Gasteiger partial charge in [-0.3, -0.25) is 14.9 Å². The maximum atomic E-state index is 13.7. The fourth-order valence-electron chi connectivity index (χ4n) is 6.79. The highest BCUT2D eigenvalue weighted by Gasteiger charge is 2.38. The number of hydrogen-bond acceptors (Lipinski definition) is 9. The molecule has 0 spiro atoms. The SMILES string of the molecule is O=C(NCCSC(C1=C(O)CC(c2ccccc2)CC1=O)c1cc2c(cc1[N+](=O)[O-])OCO2)OCC1c2ccccc2-c2ccccc21. The molecule has 2 N–H and O–H groups in total. The van der Waals surface area contributed by atoms with Crippen molar-refractivity contribution >= 4 is 29.3 Å². The number of carbonyl (C=O) groups is 2. The van der Waals surface area contributed by atoms with E-state index < -0.39 is 16.3 Å². The van der Waals surface area contributed by atoms with Crippen LogP contribution in [0, 0.1) is 10.1 Å². The zero-order valence-corrected chi connectivity index (χ0v) is 26.6. The molecule has 7 rings (SSSR count). The molecule has 10 nitrogen and oxygen atoms in total. The molecule has 2 atom stereocenters. The largest absolute Gasteiger partial charge is 0.512 e. The van der Waals surface area contributed by atoms with Crippen molar-refractivity contribution in [3.63, 3.8) is 0 Å². The first-order valence-electron chi connectivity index (χ1n) is 15.7. The monoisotopic (exact) mass is 664 g/mol. The number of carbonyl (C=O) groups excluding carboxylic acids is 2. The van der Waals surface area contributed by atoms with Crippen molar-refractivity contribution in [2.45, 2.75) is 29.9 Å². The topological polar surface area (TPSA) is 137 Å². The minimum Gasteiger partial charge on any atom is -0.512 e. The fourth-order valence-corrected chi connectivity index (χ4v) is 8.05. The highest BCUT2D eigenvalue weighted by molar-refractivity contribution is 7.99. The number of benzene rings is 4. The normalized spacial score (nSPS) is 17.1. The maximum absolute atomic E-state index is 13.7. The van der Waals surface area contributed by atoms with Gasteiger partial charge in [0.25, 0.3) is 5.69 Å². The molecule has 0 saturated heterocycles. The first-order valence-corrected chi connectivity index (χ1v) is 16.7. The minimum atomic E-state index is -0.895. The molecule has 4 aromatic carbocycles. The summed E-state index contributed by atoms with van der Waals surface area (Å²) < 4.78 is 16.5. The molecule has 2 aliphatic carbocycles. The van der Waals surface area contributed by atoms with E-state index in [0.717, 1.165) is 27.8 Å². The number of Topliss-reactive ketones (excluding diaryl/α,β-unsaturated/α-hetero) is 1. The lowest BCUT2D eigenvalue weighted by Crippen LogP contribution is -2.28. The minimum absolute atomic E-state index is 0.0799. The lowest BCUT2D eigenvalue weighted by molar-refractivity contribution is -0.385. The highest BCUT2D eigenvalue weighted by Crippen LogP contribution is 2.50. The molecule has 1 amide bonds. The molecular weight excluding hydrogens is 632 g/mol. The summed E-state index contributed by atoms with van der Waals surface area (Å²) in [4.78, 5) is 38.2. The highest BCUT2D eigenvalue weighted by atomic mass is 32.2. The Balaban J connectivity index is 1.07. The maximum Gasteiger partial charge on any atom is 0.407 e. The van der Waals surface area contributed by atoms with Crippen LogP contribution in [0.15, 0.2) is 102 Å². The summed E-state index contributed by atoms with van der Waals surface area (Å²) in [6, 6.07) is 28.4. The lowest BCUT2D eigenvalue weighted by Gasteiger charge is -2.28. The van der Waals surface area contributed by atoms with Gasteiger partial charge in [0.1, 0.15) is 12.4 Å². The zero-order chi connectivity index (χ0) is 33.2. The van der Waals surface area contributed by atoms with E-state index in [4.69, 9.17) is 14.2 Å². The van der Waals surface area contributed by atoms with Crippen LogP contribution >= 0.6 is 11.8 Å². The molecule has 1 aliphatic heterocycles. The van der Waals surface area contributed by atoms with E-state index in [1.807, 2.05) is 66.7 Å². The van der Waals surface area contributed by atoms with Crippen LogP contribution in [0.2, 0.25) is 0 Å². The first kappa shape index (κ1) is 31.3. The number of rotatable bonds is 10. The van der Waals surface area contributed by atoms with Gasteiger partial charge < -0.3 is 24.6 Å². The number of hydrogen-bond donors (Lipinski definition) is 2. The Morgan fingerprint density at radius 2 is 1.60 bits per heavy atom. The van der Waals surface area contributed by atoms with Gasteiger partial charge >= 0.3 is 6.09 Å². The Morgan fingerprint density at radius 3 is 2.27 bits per heavy atom. The van der Waals surface area contributed by atoms with Crippen LogP contribution < -0.4 is 14.8 Å². The van der Waals surface area contributed by atoms with Crippen LogP contribution in [-0.2, 0) is 9.53 Å². The summed E-state index contributed by atoms with van der Waals surface area (Å²) in [6.07, 6.45) is -0.223. The standard InChI is InChI=1S/C37H32N2O8S/c40-31-16-23(22-8-2-1-3-9-22)17-32(41)35(31)36(28-18-33-34(47-21-46-33)19-30(28)39(43)44)48-15-14-38-37(42)45-20-29-26-12-6-4-10-24(26)25-11-5-7-13-27(25)29/h1-13,18-19,23,29,36,40H,14-17,20-21H2,(H,38,42). The Hall–Kier alpha value is -5.29. The second kappa shape index (κ2) is 13.4. The number of alkyl carbamates (subject to hydrolysis) is 1.